The van der Waals surface area contributed by atoms with Crippen LogP contribution in [0.4, 0.5) is 8.78 Å². The number of hydrogen-bond acceptors (Lipinski definition) is 4. The summed E-state index contributed by atoms with van der Waals surface area (Å²) in [6, 6.07) is 1.22. The molecule has 0 aliphatic carbocycles. The molecule has 1 rings (SSSR count). The van der Waals surface area contributed by atoms with Gasteiger partial charge in [-0.3, -0.25) is 0 Å². The predicted octanol–water partition coefficient (Wildman–Crippen LogP) is 2.51. The van der Waals surface area contributed by atoms with Crippen LogP contribution in [0.25, 0.3) is 0 Å². The summed E-state index contributed by atoms with van der Waals surface area (Å²) in [4.78, 5) is 15.2. The van der Waals surface area contributed by atoms with Crippen molar-refractivity contribution in [2.75, 3.05) is 13.7 Å². The Balaban J connectivity index is 3.22. The second kappa shape index (κ2) is 5.56. The molecule has 0 aliphatic heterocycles. The minimum absolute atomic E-state index is 0.117. The van der Waals surface area contributed by atoms with Crippen LogP contribution in [-0.2, 0) is 4.74 Å². The first-order valence-corrected chi connectivity index (χ1v) is 5.02. The zero-order valence-electron chi connectivity index (χ0n) is 9.79. The molecular formula is C11H13F2NO3. The third-order valence-electron chi connectivity index (χ3n) is 2.13. The summed E-state index contributed by atoms with van der Waals surface area (Å²) in [7, 11) is 1.24. The van der Waals surface area contributed by atoms with Gasteiger partial charge in [-0.25, -0.2) is 18.6 Å². The fourth-order valence-corrected chi connectivity index (χ4v) is 1.34. The second-order valence-electron chi connectivity index (χ2n) is 3.23. The van der Waals surface area contributed by atoms with E-state index in [9.17, 15) is 13.6 Å². The molecule has 0 aliphatic rings. The molecule has 0 bridgehead atoms. The Bertz CT molecular complexity index is 421. The van der Waals surface area contributed by atoms with Crippen LogP contribution in [0.2, 0.25) is 0 Å². The monoisotopic (exact) mass is 245 g/mol. The number of carbonyl (C=O) groups excluding carboxylic acids is 1. The van der Waals surface area contributed by atoms with Crippen molar-refractivity contribution in [1.29, 1.82) is 0 Å². The first-order chi connectivity index (χ1) is 8.01. The summed E-state index contributed by atoms with van der Waals surface area (Å²) in [6.07, 6.45) is -2.75. The first-order valence-electron chi connectivity index (χ1n) is 5.02. The molecule has 17 heavy (non-hydrogen) atoms. The molecule has 0 fully saturated rings. The number of carbonyl (C=O) groups is 1. The number of esters is 1. The molecule has 0 saturated heterocycles. The van der Waals surface area contributed by atoms with Crippen LogP contribution in [0.15, 0.2) is 6.07 Å². The van der Waals surface area contributed by atoms with E-state index in [-0.39, 0.29) is 23.6 Å². The maximum Gasteiger partial charge on any atom is 0.340 e. The Kier molecular flexibility index (Phi) is 4.37. The Morgan fingerprint density at radius 1 is 1.53 bits per heavy atom. The summed E-state index contributed by atoms with van der Waals surface area (Å²) in [6.45, 7) is 3.33. The number of rotatable bonds is 4. The van der Waals surface area contributed by atoms with E-state index in [0.29, 0.717) is 0 Å². The molecule has 0 radical (unpaired) electrons. The van der Waals surface area contributed by atoms with E-state index in [1.54, 1.807) is 6.92 Å². The van der Waals surface area contributed by atoms with Gasteiger partial charge in [-0.05, 0) is 19.9 Å². The van der Waals surface area contributed by atoms with E-state index in [4.69, 9.17) is 9.47 Å². The molecule has 1 aromatic rings. The maximum absolute atomic E-state index is 12.6. The van der Waals surface area contributed by atoms with Gasteiger partial charge in [-0.15, -0.1) is 0 Å². The highest BCUT2D eigenvalue weighted by atomic mass is 19.3. The minimum atomic E-state index is -2.75. The van der Waals surface area contributed by atoms with Gasteiger partial charge in [0.15, 0.2) is 0 Å². The van der Waals surface area contributed by atoms with Crippen LogP contribution in [0, 0.1) is 6.92 Å². The van der Waals surface area contributed by atoms with Crippen LogP contribution < -0.4 is 4.74 Å². The Labute approximate surface area is 97.6 Å². The average molecular weight is 245 g/mol. The molecule has 0 spiro atoms. The lowest BCUT2D eigenvalue weighted by Crippen LogP contribution is -2.10. The summed E-state index contributed by atoms with van der Waals surface area (Å²) < 4.78 is 34.8. The molecule has 0 amide bonds. The largest absolute Gasteiger partial charge is 0.495 e. The van der Waals surface area contributed by atoms with Gasteiger partial charge in [0.25, 0.3) is 6.43 Å². The van der Waals surface area contributed by atoms with Gasteiger partial charge in [0.1, 0.15) is 11.4 Å². The number of aryl methyl sites for hydroxylation is 1. The number of alkyl halides is 2. The maximum atomic E-state index is 12.6. The Morgan fingerprint density at radius 3 is 2.65 bits per heavy atom. The standard InChI is InChI=1S/C11H13F2NO3/c1-4-17-11(15)7-5-8(16-3)9(10(12)13)14-6(7)2/h5,10H,4H2,1-3H3. The van der Waals surface area contributed by atoms with Crippen molar-refractivity contribution in [3.63, 3.8) is 0 Å². The van der Waals surface area contributed by atoms with Crippen molar-refractivity contribution >= 4 is 5.97 Å². The van der Waals surface area contributed by atoms with E-state index in [2.05, 4.69) is 4.98 Å². The van der Waals surface area contributed by atoms with Gasteiger partial charge >= 0.3 is 5.97 Å². The van der Waals surface area contributed by atoms with E-state index in [1.165, 1.54) is 20.1 Å². The Hall–Kier alpha value is -1.72. The number of nitrogens with zero attached hydrogens (tertiary/aromatic N) is 1. The van der Waals surface area contributed by atoms with E-state index in [1.807, 2.05) is 0 Å². The minimum Gasteiger partial charge on any atom is -0.495 e. The van der Waals surface area contributed by atoms with Crippen LogP contribution in [-0.4, -0.2) is 24.7 Å². The van der Waals surface area contributed by atoms with Crippen LogP contribution in [0.3, 0.4) is 0 Å². The molecule has 94 valence electrons. The highest BCUT2D eigenvalue weighted by Gasteiger charge is 2.21. The Morgan fingerprint density at radius 2 is 2.18 bits per heavy atom. The quantitative estimate of drug-likeness (QED) is 0.765. The van der Waals surface area contributed by atoms with Crippen molar-refractivity contribution in [3.05, 3.63) is 23.0 Å². The number of methoxy groups -OCH3 is 1. The molecule has 6 heteroatoms. The van der Waals surface area contributed by atoms with Crippen LogP contribution >= 0.6 is 0 Å². The van der Waals surface area contributed by atoms with Gasteiger partial charge in [-0.1, -0.05) is 0 Å². The lowest BCUT2D eigenvalue weighted by molar-refractivity contribution is 0.0523. The lowest BCUT2D eigenvalue weighted by atomic mass is 10.1. The average Bonchev–Trinajstić information content (AvgIpc) is 2.28. The molecule has 0 unspecified atom stereocenters. The van der Waals surface area contributed by atoms with E-state index in [0.717, 1.165) is 0 Å². The molecule has 0 atom stereocenters. The normalized spacial score (nSPS) is 10.5. The second-order valence-corrected chi connectivity index (χ2v) is 3.23. The van der Waals surface area contributed by atoms with Crippen molar-refractivity contribution in [1.82, 2.24) is 4.98 Å². The smallest absolute Gasteiger partial charge is 0.340 e. The van der Waals surface area contributed by atoms with Gasteiger partial charge in [-0.2, -0.15) is 0 Å². The molecule has 4 nitrogen and oxygen atoms in total. The number of hydrogen-bond donors (Lipinski definition) is 0. The summed E-state index contributed by atoms with van der Waals surface area (Å²) in [5.74, 6) is -0.717. The number of halogens is 2. The number of ether oxygens (including phenoxy) is 2. The van der Waals surface area contributed by atoms with Gasteiger partial charge in [0.05, 0.1) is 25.0 Å². The van der Waals surface area contributed by atoms with Gasteiger partial charge in [0, 0.05) is 0 Å². The van der Waals surface area contributed by atoms with Crippen molar-refractivity contribution in [2.45, 2.75) is 20.3 Å². The predicted molar refractivity (Wildman–Crippen MR) is 56.4 cm³/mol. The van der Waals surface area contributed by atoms with Gasteiger partial charge in [0.2, 0.25) is 0 Å². The number of aromatic nitrogens is 1. The molecule has 0 N–H and O–H groups in total. The fraction of sp³-hybridized carbons (Fsp3) is 0.455. The summed E-state index contributed by atoms with van der Waals surface area (Å²) in [5.41, 5.74) is -0.148. The molecule has 1 heterocycles. The molecular weight excluding hydrogens is 232 g/mol. The van der Waals surface area contributed by atoms with E-state index >= 15 is 0 Å². The fourth-order valence-electron chi connectivity index (χ4n) is 1.34. The molecule has 0 saturated carbocycles. The van der Waals surface area contributed by atoms with Crippen LogP contribution in [0.1, 0.15) is 35.1 Å². The molecule has 1 aromatic heterocycles. The number of pyridine rings is 1. The zero-order chi connectivity index (χ0) is 13.0. The highest BCUT2D eigenvalue weighted by Crippen LogP contribution is 2.29. The zero-order valence-corrected chi connectivity index (χ0v) is 9.79. The van der Waals surface area contributed by atoms with Crippen molar-refractivity contribution < 1.29 is 23.0 Å². The third-order valence-corrected chi connectivity index (χ3v) is 2.13. The van der Waals surface area contributed by atoms with Crippen LogP contribution in [0.5, 0.6) is 5.75 Å². The third kappa shape index (κ3) is 2.89. The summed E-state index contributed by atoms with van der Waals surface area (Å²) in [5, 5.41) is 0. The van der Waals surface area contributed by atoms with E-state index < -0.39 is 18.1 Å². The SMILES string of the molecule is CCOC(=O)c1cc(OC)c(C(F)F)nc1C. The first kappa shape index (κ1) is 13.3. The van der Waals surface area contributed by atoms with Crippen molar-refractivity contribution in [2.24, 2.45) is 0 Å². The summed E-state index contributed by atoms with van der Waals surface area (Å²) >= 11 is 0. The topological polar surface area (TPSA) is 48.4 Å². The van der Waals surface area contributed by atoms with Gasteiger partial charge < -0.3 is 9.47 Å². The highest BCUT2D eigenvalue weighted by molar-refractivity contribution is 5.91. The lowest BCUT2D eigenvalue weighted by Gasteiger charge is -2.11. The van der Waals surface area contributed by atoms with Crippen molar-refractivity contribution in [3.8, 4) is 5.75 Å². The molecule has 0 aromatic carbocycles.